The van der Waals surface area contributed by atoms with Crippen LogP contribution in [-0.4, -0.2) is 61.6 Å². The van der Waals surface area contributed by atoms with E-state index in [9.17, 15) is 18.4 Å². The fraction of sp³-hybridized carbons (Fsp3) is 0.417. The molecule has 1 saturated heterocycles. The van der Waals surface area contributed by atoms with Gasteiger partial charge in [-0.2, -0.15) is 0 Å². The molecular formula is C24H27F4N5O2. The zero-order valence-corrected chi connectivity index (χ0v) is 19.4. The fourth-order valence-electron chi connectivity index (χ4n) is 4.42. The topological polar surface area (TPSA) is 80.5 Å². The summed E-state index contributed by atoms with van der Waals surface area (Å²) in [4.78, 5) is 30.6. The Bertz CT molecular complexity index is 1210. The summed E-state index contributed by atoms with van der Waals surface area (Å²) < 4.78 is 58.2. The van der Waals surface area contributed by atoms with Crippen LogP contribution in [0.15, 0.2) is 29.2 Å². The molecule has 2 aromatic rings. The number of H-pyrrole nitrogens is 1. The number of aromatic nitrogens is 1. The number of likely N-dealkylation sites (N-methyl/N-ethyl adjacent to an activating group) is 1. The summed E-state index contributed by atoms with van der Waals surface area (Å²) in [5.41, 5.74) is -2.09. The molecule has 0 saturated carbocycles. The van der Waals surface area contributed by atoms with Crippen molar-refractivity contribution < 1.29 is 22.4 Å². The fourth-order valence-corrected chi connectivity index (χ4v) is 4.42. The summed E-state index contributed by atoms with van der Waals surface area (Å²) in [6.45, 7) is 4.43. The molecule has 0 spiro atoms. The van der Waals surface area contributed by atoms with Crippen molar-refractivity contribution in [2.24, 2.45) is 0 Å². The maximum Gasteiger partial charge on any atom is 0.264 e. The predicted octanol–water partition coefficient (Wildman–Crippen LogP) is 3.36. The summed E-state index contributed by atoms with van der Waals surface area (Å²) in [6, 6.07) is 1.89. The lowest BCUT2D eigenvalue weighted by atomic mass is 9.98. The quantitative estimate of drug-likeness (QED) is 0.557. The SMILES string of the molecule is CC1CN(c2cc(F)c(C3=CCCNC3)c(F)c2NC(=O)c2c[nH]c(=O)cc2C(F)F)CCN1C. The summed E-state index contributed by atoms with van der Waals surface area (Å²) in [5.74, 6) is -2.78. The van der Waals surface area contributed by atoms with Gasteiger partial charge >= 0.3 is 0 Å². The number of piperazine rings is 1. The third kappa shape index (κ3) is 5.10. The molecule has 2 aliphatic heterocycles. The largest absolute Gasteiger partial charge is 0.367 e. The number of carbonyl (C=O) groups is 1. The molecule has 1 atom stereocenters. The number of hydrogen-bond acceptors (Lipinski definition) is 5. The molecule has 3 heterocycles. The predicted molar refractivity (Wildman–Crippen MR) is 126 cm³/mol. The monoisotopic (exact) mass is 493 g/mol. The van der Waals surface area contributed by atoms with Gasteiger partial charge in [0.05, 0.1) is 16.8 Å². The highest BCUT2D eigenvalue weighted by atomic mass is 19.3. The Balaban J connectivity index is 1.81. The minimum atomic E-state index is -3.09. The number of halogens is 4. The number of hydrogen-bond donors (Lipinski definition) is 3. The van der Waals surface area contributed by atoms with Gasteiger partial charge in [-0.05, 0) is 32.5 Å². The number of anilines is 2. The summed E-state index contributed by atoms with van der Waals surface area (Å²) in [6.07, 6.45) is 0.0936. The van der Waals surface area contributed by atoms with Crippen LogP contribution in [0.5, 0.6) is 0 Å². The van der Waals surface area contributed by atoms with E-state index in [0.717, 1.165) is 6.20 Å². The molecule has 0 aliphatic carbocycles. The van der Waals surface area contributed by atoms with Crippen LogP contribution in [-0.2, 0) is 0 Å². The number of pyridine rings is 1. The number of rotatable bonds is 5. The standard InChI is InChI=1S/C24H27F4N5O2/c1-13-12-33(7-6-32(13)2)18-9-17(25)20(14-4-3-5-29-10-14)21(26)22(18)31-24(35)16-11-30-19(34)8-15(16)23(27)28/h4,8-9,11,13,23,29H,3,5-7,10,12H2,1-2H3,(H,30,34)(H,31,35). The number of amides is 1. The van der Waals surface area contributed by atoms with Gasteiger partial charge in [0.15, 0.2) is 5.82 Å². The van der Waals surface area contributed by atoms with Gasteiger partial charge in [0.2, 0.25) is 5.56 Å². The zero-order valence-electron chi connectivity index (χ0n) is 19.4. The molecule has 0 radical (unpaired) electrons. The Hall–Kier alpha value is -3.18. The first-order chi connectivity index (χ1) is 16.7. The Morgan fingerprint density at radius 1 is 1.23 bits per heavy atom. The normalized spacial score (nSPS) is 19.1. The third-order valence-electron chi connectivity index (χ3n) is 6.52. The number of nitrogens with one attached hydrogen (secondary N) is 3. The molecule has 1 fully saturated rings. The van der Waals surface area contributed by atoms with Crippen molar-refractivity contribution in [3.63, 3.8) is 0 Å². The average molecular weight is 494 g/mol. The van der Waals surface area contributed by atoms with Crippen LogP contribution in [0.2, 0.25) is 0 Å². The van der Waals surface area contributed by atoms with E-state index in [0.29, 0.717) is 44.2 Å². The molecule has 7 nitrogen and oxygen atoms in total. The number of carbonyl (C=O) groups excluding carboxylic acids is 1. The van der Waals surface area contributed by atoms with E-state index in [2.05, 4.69) is 20.5 Å². The molecule has 0 bridgehead atoms. The van der Waals surface area contributed by atoms with E-state index in [4.69, 9.17) is 0 Å². The summed E-state index contributed by atoms with van der Waals surface area (Å²) >= 11 is 0. The van der Waals surface area contributed by atoms with Crippen molar-refractivity contribution in [3.8, 4) is 0 Å². The number of alkyl halides is 2. The van der Waals surface area contributed by atoms with Crippen molar-refractivity contribution in [3.05, 3.63) is 63.1 Å². The molecule has 35 heavy (non-hydrogen) atoms. The highest BCUT2D eigenvalue weighted by Gasteiger charge is 2.30. The first-order valence-electron chi connectivity index (χ1n) is 11.4. The second-order valence-corrected chi connectivity index (χ2v) is 8.83. The van der Waals surface area contributed by atoms with Crippen LogP contribution < -0.4 is 21.1 Å². The Kier molecular flexibility index (Phi) is 7.27. The molecule has 11 heteroatoms. The second-order valence-electron chi connectivity index (χ2n) is 8.83. The van der Waals surface area contributed by atoms with E-state index >= 15 is 8.78 Å². The van der Waals surface area contributed by atoms with Crippen LogP contribution in [0.1, 0.15) is 41.3 Å². The second kappa shape index (κ2) is 10.2. The average Bonchev–Trinajstić information content (AvgIpc) is 2.83. The first-order valence-corrected chi connectivity index (χ1v) is 11.4. The van der Waals surface area contributed by atoms with E-state index in [1.165, 1.54) is 6.07 Å². The van der Waals surface area contributed by atoms with E-state index in [1.54, 1.807) is 11.0 Å². The Morgan fingerprint density at radius 3 is 2.66 bits per heavy atom. The number of nitrogens with zero attached hydrogens (tertiary/aromatic N) is 2. The Morgan fingerprint density at radius 2 is 2.00 bits per heavy atom. The molecule has 188 valence electrons. The lowest BCUT2D eigenvalue weighted by Gasteiger charge is -2.40. The van der Waals surface area contributed by atoms with Gasteiger partial charge in [-0.1, -0.05) is 6.08 Å². The molecule has 3 N–H and O–H groups in total. The van der Waals surface area contributed by atoms with Crippen molar-refractivity contribution in [2.75, 3.05) is 50.0 Å². The lowest BCUT2D eigenvalue weighted by Crippen LogP contribution is -2.50. The van der Waals surface area contributed by atoms with Crippen molar-refractivity contribution in [1.82, 2.24) is 15.2 Å². The molecule has 1 aromatic heterocycles. The first kappa shape index (κ1) is 24.9. The highest BCUT2D eigenvalue weighted by Crippen LogP contribution is 2.38. The highest BCUT2D eigenvalue weighted by molar-refractivity contribution is 6.07. The minimum Gasteiger partial charge on any atom is -0.367 e. The number of benzene rings is 1. The van der Waals surface area contributed by atoms with Gasteiger partial charge in [-0.15, -0.1) is 0 Å². The van der Waals surface area contributed by atoms with Crippen LogP contribution >= 0.6 is 0 Å². The molecule has 1 unspecified atom stereocenters. The van der Waals surface area contributed by atoms with Crippen LogP contribution in [0, 0.1) is 11.6 Å². The van der Waals surface area contributed by atoms with Crippen LogP contribution in [0.25, 0.3) is 5.57 Å². The van der Waals surface area contributed by atoms with Crippen molar-refractivity contribution in [2.45, 2.75) is 25.8 Å². The third-order valence-corrected chi connectivity index (χ3v) is 6.52. The van der Waals surface area contributed by atoms with Crippen molar-refractivity contribution >= 4 is 22.9 Å². The maximum atomic E-state index is 15.9. The van der Waals surface area contributed by atoms with Crippen molar-refractivity contribution in [1.29, 1.82) is 0 Å². The molecule has 4 rings (SSSR count). The molecular weight excluding hydrogens is 466 g/mol. The van der Waals surface area contributed by atoms with Gasteiger partial charge in [0.1, 0.15) is 11.5 Å². The maximum absolute atomic E-state index is 15.9. The smallest absolute Gasteiger partial charge is 0.264 e. The summed E-state index contributed by atoms with van der Waals surface area (Å²) in [5, 5.41) is 5.47. The van der Waals surface area contributed by atoms with Crippen LogP contribution in [0.3, 0.4) is 0 Å². The molecule has 1 amide bonds. The Labute approximate surface area is 199 Å². The van der Waals surface area contributed by atoms with Gasteiger partial charge in [-0.25, -0.2) is 17.6 Å². The van der Waals surface area contributed by atoms with E-state index in [1.807, 2.05) is 14.0 Å². The molecule has 1 aromatic carbocycles. The van der Waals surface area contributed by atoms with Gasteiger partial charge < -0.3 is 25.4 Å². The lowest BCUT2D eigenvalue weighted by molar-refractivity contribution is 0.101. The van der Waals surface area contributed by atoms with Gasteiger partial charge in [0, 0.05) is 56.1 Å². The van der Waals surface area contributed by atoms with Crippen LogP contribution in [0.4, 0.5) is 28.9 Å². The van der Waals surface area contributed by atoms with Gasteiger partial charge in [-0.3, -0.25) is 9.59 Å². The van der Waals surface area contributed by atoms with Gasteiger partial charge in [0.25, 0.3) is 12.3 Å². The zero-order chi connectivity index (χ0) is 25.3. The number of aromatic amines is 1. The molecule has 2 aliphatic rings. The van der Waals surface area contributed by atoms with E-state index < -0.39 is 40.7 Å². The summed E-state index contributed by atoms with van der Waals surface area (Å²) in [7, 11) is 1.94. The van der Waals surface area contributed by atoms with E-state index in [-0.39, 0.29) is 29.5 Å². The minimum absolute atomic E-state index is 0.0768.